The van der Waals surface area contributed by atoms with Crippen LogP contribution in [0.25, 0.3) is 0 Å². The van der Waals surface area contributed by atoms with Gasteiger partial charge in [-0.05, 0) is 49.4 Å². The number of hydrogen-bond donors (Lipinski definition) is 1. The molecule has 1 aromatic rings. The first-order chi connectivity index (χ1) is 11.4. The van der Waals surface area contributed by atoms with Crippen molar-refractivity contribution in [2.24, 2.45) is 5.92 Å². The highest BCUT2D eigenvalue weighted by Crippen LogP contribution is 2.23. The van der Waals surface area contributed by atoms with Crippen LogP contribution in [-0.4, -0.2) is 13.2 Å². The minimum Gasteiger partial charge on any atom is -0.494 e. The number of benzene rings is 1. The van der Waals surface area contributed by atoms with Crippen molar-refractivity contribution in [3.05, 3.63) is 29.8 Å². The van der Waals surface area contributed by atoms with E-state index in [0.717, 1.165) is 24.8 Å². The summed E-state index contributed by atoms with van der Waals surface area (Å²) in [5.41, 5.74) is 1.34. The summed E-state index contributed by atoms with van der Waals surface area (Å²) in [6, 6.07) is 8.59. The van der Waals surface area contributed by atoms with Crippen molar-refractivity contribution in [1.82, 2.24) is 5.32 Å². The average molecular weight is 318 g/mol. The maximum atomic E-state index is 5.90. The van der Waals surface area contributed by atoms with Crippen LogP contribution in [0.4, 0.5) is 0 Å². The predicted molar refractivity (Wildman–Crippen MR) is 99.0 cm³/mol. The van der Waals surface area contributed by atoms with Crippen LogP contribution in [0.1, 0.15) is 76.7 Å². The van der Waals surface area contributed by atoms with Crippen LogP contribution in [0, 0.1) is 5.92 Å². The number of ether oxygens (including phenoxy) is 1. The van der Waals surface area contributed by atoms with Crippen molar-refractivity contribution in [2.45, 2.75) is 77.7 Å². The third-order valence-electron chi connectivity index (χ3n) is 4.90. The van der Waals surface area contributed by atoms with E-state index in [0.29, 0.717) is 0 Å². The van der Waals surface area contributed by atoms with E-state index in [9.17, 15) is 0 Å². The molecule has 2 rings (SSSR count). The van der Waals surface area contributed by atoms with Gasteiger partial charge in [0.1, 0.15) is 5.75 Å². The van der Waals surface area contributed by atoms with Gasteiger partial charge in [0.15, 0.2) is 0 Å². The van der Waals surface area contributed by atoms with E-state index < -0.39 is 0 Å². The van der Waals surface area contributed by atoms with Crippen molar-refractivity contribution < 1.29 is 4.74 Å². The number of nitrogens with one attached hydrogen (secondary N) is 1. The van der Waals surface area contributed by atoms with Gasteiger partial charge >= 0.3 is 0 Å². The first-order valence-electron chi connectivity index (χ1n) is 9.81. The van der Waals surface area contributed by atoms with Gasteiger partial charge in [-0.25, -0.2) is 0 Å². The predicted octanol–water partition coefficient (Wildman–Crippen LogP) is 5.71. The van der Waals surface area contributed by atoms with Crippen LogP contribution < -0.4 is 10.1 Å². The minimum atomic E-state index is 0.850. The second-order valence-electron chi connectivity index (χ2n) is 7.05. The maximum absolute atomic E-state index is 5.90. The summed E-state index contributed by atoms with van der Waals surface area (Å²) >= 11 is 0. The Morgan fingerprint density at radius 1 is 1.04 bits per heavy atom. The fraction of sp³-hybridized carbons (Fsp3) is 0.714. The Labute approximate surface area is 143 Å². The number of unbranched alkanes of at least 4 members (excludes halogenated alkanes) is 4. The molecule has 23 heavy (non-hydrogen) atoms. The molecule has 0 heterocycles. The molecular weight excluding hydrogens is 282 g/mol. The normalized spacial score (nSPS) is 15.7. The van der Waals surface area contributed by atoms with E-state index in [1.165, 1.54) is 76.3 Å². The molecule has 1 aliphatic rings. The minimum absolute atomic E-state index is 0.850. The lowest BCUT2D eigenvalue weighted by Crippen LogP contribution is -2.24. The molecule has 2 heteroatoms. The van der Waals surface area contributed by atoms with Gasteiger partial charge in [0.2, 0.25) is 0 Å². The van der Waals surface area contributed by atoms with Gasteiger partial charge in [0.25, 0.3) is 0 Å². The molecule has 0 saturated heterocycles. The zero-order chi connectivity index (χ0) is 16.2. The van der Waals surface area contributed by atoms with Gasteiger partial charge in [-0.2, -0.15) is 0 Å². The molecule has 0 aromatic heterocycles. The molecule has 0 spiro atoms. The van der Waals surface area contributed by atoms with Crippen molar-refractivity contribution in [3.63, 3.8) is 0 Å². The molecule has 0 radical (unpaired) electrons. The van der Waals surface area contributed by atoms with Crippen molar-refractivity contribution in [3.8, 4) is 5.75 Å². The monoisotopic (exact) mass is 317 g/mol. The highest BCUT2D eigenvalue weighted by atomic mass is 16.5. The third kappa shape index (κ3) is 7.87. The van der Waals surface area contributed by atoms with Gasteiger partial charge in [0.05, 0.1) is 6.61 Å². The summed E-state index contributed by atoms with van der Waals surface area (Å²) in [5.74, 6) is 1.92. The fourth-order valence-electron chi connectivity index (χ4n) is 3.45. The molecule has 0 unspecified atom stereocenters. The van der Waals surface area contributed by atoms with Gasteiger partial charge in [-0.3, -0.25) is 0 Å². The van der Waals surface area contributed by atoms with E-state index in [1.54, 1.807) is 0 Å². The van der Waals surface area contributed by atoms with Crippen LogP contribution in [0.5, 0.6) is 5.75 Å². The Morgan fingerprint density at radius 3 is 2.70 bits per heavy atom. The fourth-order valence-corrected chi connectivity index (χ4v) is 3.45. The van der Waals surface area contributed by atoms with Crippen molar-refractivity contribution in [2.75, 3.05) is 13.2 Å². The molecule has 0 amide bonds. The summed E-state index contributed by atoms with van der Waals surface area (Å²) in [5, 5.41) is 3.63. The molecule has 1 N–H and O–H groups in total. The lowest BCUT2D eigenvalue weighted by molar-refractivity contribution is 0.304. The molecule has 1 fully saturated rings. The molecule has 0 atom stereocenters. The van der Waals surface area contributed by atoms with E-state index in [-0.39, 0.29) is 0 Å². The molecular formula is C21H35NO. The smallest absolute Gasteiger partial charge is 0.119 e. The van der Waals surface area contributed by atoms with Gasteiger partial charge < -0.3 is 10.1 Å². The summed E-state index contributed by atoms with van der Waals surface area (Å²) in [6.45, 7) is 5.24. The van der Waals surface area contributed by atoms with Gasteiger partial charge in [-0.15, -0.1) is 0 Å². The highest BCUT2D eigenvalue weighted by molar-refractivity contribution is 5.28. The van der Waals surface area contributed by atoms with E-state index in [4.69, 9.17) is 4.74 Å². The zero-order valence-corrected chi connectivity index (χ0v) is 15.0. The van der Waals surface area contributed by atoms with Crippen LogP contribution in [0.2, 0.25) is 0 Å². The lowest BCUT2D eigenvalue weighted by atomic mass is 9.89. The highest BCUT2D eigenvalue weighted by Gasteiger charge is 2.12. The summed E-state index contributed by atoms with van der Waals surface area (Å²) in [4.78, 5) is 0. The van der Waals surface area contributed by atoms with Crippen molar-refractivity contribution >= 4 is 0 Å². The number of rotatable bonds is 11. The topological polar surface area (TPSA) is 21.3 Å². The zero-order valence-electron chi connectivity index (χ0n) is 15.0. The molecule has 1 aliphatic carbocycles. The SMILES string of the molecule is CCCCCCCOc1cccc(CNCC2CCCCC2)c1. The molecule has 1 saturated carbocycles. The second kappa shape index (κ2) is 11.5. The Bertz CT molecular complexity index is 412. The Hall–Kier alpha value is -1.02. The second-order valence-corrected chi connectivity index (χ2v) is 7.05. The molecule has 1 aromatic carbocycles. The maximum Gasteiger partial charge on any atom is 0.119 e. The average Bonchev–Trinajstić information content (AvgIpc) is 2.59. The quantitative estimate of drug-likeness (QED) is 0.528. The Morgan fingerprint density at radius 2 is 1.87 bits per heavy atom. The van der Waals surface area contributed by atoms with Crippen LogP contribution in [-0.2, 0) is 6.54 Å². The summed E-state index contributed by atoms with van der Waals surface area (Å²) in [6.07, 6.45) is 13.6. The summed E-state index contributed by atoms with van der Waals surface area (Å²) in [7, 11) is 0. The van der Waals surface area contributed by atoms with Crippen molar-refractivity contribution in [1.29, 1.82) is 0 Å². The Balaban J connectivity index is 1.61. The first-order valence-corrected chi connectivity index (χ1v) is 9.81. The molecule has 130 valence electrons. The standard InChI is InChI=1S/C21H35NO/c1-2-3-4-5-9-15-23-21-14-10-13-20(16-21)18-22-17-19-11-7-6-8-12-19/h10,13-14,16,19,22H,2-9,11-12,15,17-18H2,1H3. The molecule has 0 aliphatic heterocycles. The molecule has 2 nitrogen and oxygen atoms in total. The van der Waals surface area contributed by atoms with Gasteiger partial charge in [-0.1, -0.05) is 64.0 Å². The lowest BCUT2D eigenvalue weighted by Gasteiger charge is -2.21. The third-order valence-corrected chi connectivity index (χ3v) is 4.90. The number of hydrogen-bond acceptors (Lipinski definition) is 2. The Kier molecular flexibility index (Phi) is 9.16. The molecule has 0 bridgehead atoms. The van der Waals surface area contributed by atoms with E-state index in [2.05, 4.69) is 36.5 Å². The van der Waals surface area contributed by atoms with Crippen LogP contribution in [0.15, 0.2) is 24.3 Å². The van der Waals surface area contributed by atoms with E-state index in [1.807, 2.05) is 0 Å². The first kappa shape index (κ1) is 18.3. The van der Waals surface area contributed by atoms with E-state index >= 15 is 0 Å². The van der Waals surface area contributed by atoms with Crippen LogP contribution >= 0.6 is 0 Å². The summed E-state index contributed by atoms with van der Waals surface area (Å²) < 4.78 is 5.90. The largest absolute Gasteiger partial charge is 0.494 e. The van der Waals surface area contributed by atoms with Gasteiger partial charge in [0, 0.05) is 6.54 Å². The van der Waals surface area contributed by atoms with Crippen LogP contribution in [0.3, 0.4) is 0 Å².